The standard InChI is InChI=1S/C14H14F3N3O/c1-21-9-11-5-3-2-4-10(11)8-18-13-7-6-12(19-20-13)14(15,16)17/h2-7H,8-9H2,1H3,(H,18,20). The lowest BCUT2D eigenvalue weighted by Crippen LogP contribution is -2.11. The molecule has 1 heterocycles. The number of rotatable bonds is 5. The highest BCUT2D eigenvalue weighted by molar-refractivity contribution is 5.36. The zero-order valence-electron chi connectivity index (χ0n) is 11.3. The predicted octanol–water partition coefficient (Wildman–Crippen LogP) is 3.25. The van der Waals surface area contributed by atoms with Crippen LogP contribution >= 0.6 is 0 Å². The van der Waals surface area contributed by atoms with Crippen LogP contribution in [0.2, 0.25) is 0 Å². The summed E-state index contributed by atoms with van der Waals surface area (Å²) < 4.78 is 42.2. The number of alkyl halides is 3. The fourth-order valence-corrected chi connectivity index (χ4v) is 1.79. The number of hydrogen-bond acceptors (Lipinski definition) is 4. The van der Waals surface area contributed by atoms with Crippen molar-refractivity contribution in [2.24, 2.45) is 0 Å². The number of hydrogen-bond donors (Lipinski definition) is 1. The van der Waals surface area contributed by atoms with Crippen LogP contribution in [0, 0.1) is 0 Å². The molecular formula is C14H14F3N3O. The van der Waals surface area contributed by atoms with Crippen molar-refractivity contribution in [3.05, 3.63) is 53.2 Å². The first-order valence-electron chi connectivity index (χ1n) is 6.21. The average molecular weight is 297 g/mol. The quantitative estimate of drug-likeness (QED) is 0.920. The second kappa shape index (κ2) is 6.53. The SMILES string of the molecule is COCc1ccccc1CNc1ccc(C(F)(F)F)nn1. The number of aromatic nitrogens is 2. The van der Waals surface area contributed by atoms with E-state index in [-0.39, 0.29) is 5.82 Å². The lowest BCUT2D eigenvalue weighted by Gasteiger charge is -2.10. The zero-order chi connectivity index (χ0) is 15.3. The van der Waals surface area contributed by atoms with Gasteiger partial charge in [0.25, 0.3) is 0 Å². The summed E-state index contributed by atoms with van der Waals surface area (Å²) in [5, 5.41) is 9.62. The van der Waals surface area contributed by atoms with Crippen LogP contribution in [0.5, 0.6) is 0 Å². The van der Waals surface area contributed by atoms with Crippen LogP contribution in [0.1, 0.15) is 16.8 Å². The van der Waals surface area contributed by atoms with Gasteiger partial charge in [0.2, 0.25) is 0 Å². The van der Waals surface area contributed by atoms with Crippen molar-refractivity contribution >= 4 is 5.82 Å². The first kappa shape index (κ1) is 15.2. The number of nitrogens with one attached hydrogen (secondary N) is 1. The number of methoxy groups -OCH3 is 1. The Hall–Kier alpha value is -2.15. The van der Waals surface area contributed by atoms with E-state index in [0.29, 0.717) is 13.2 Å². The molecule has 0 amide bonds. The molecule has 0 atom stereocenters. The molecule has 0 spiro atoms. The summed E-state index contributed by atoms with van der Waals surface area (Å²) in [6, 6.07) is 9.79. The molecule has 0 radical (unpaired) electrons. The van der Waals surface area contributed by atoms with Gasteiger partial charge in [-0.05, 0) is 23.3 Å². The van der Waals surface area contributed by atoms with Gasteiger partial charge in [-0.2, -0.15) is 13.2 Å². The monoisotopic (exact) mass is 297 g/mol. The van der Waals surface area contributed by atoms with Gasteiger partial charge >= 0.3 is 6.18 Å². The Morgan fingerprint density at radius 2 is 1.76 bits per heavy atom. The molecule has 0 bridgehead atoms. The van der Waals surface area contributed by atoms with Crippen molar-refractivity contribution in [2.45, 2.75) is 19.3 Å². The molecular weight excluding hydrogens is 283 g/mol. The lowest BCUT2D eigenvalue weighted by atomic mass is 10.1. The largest absolute Gasteiger partial charge is 0.435 e. The molecule has 0 saturated carbocycles. The maximum absolute atomic E-state index is 12.4. The first-order chi connectivity index (χ1) is 10.0. The van der Waals surface area contributed by atoms with Crippen molar-refractivity contribution in [3.8, 4) is 0 Å². The summed E-state index contributed by atoms with van der Waals surface area (Å²) in [7, 11) is 1.60. The van der Waals surface area contributed by atoms with Gasteiger partial charge in [0.15, 0.2) is 5.69 Å². The topological polar surface area (TPSA) is 47.0 Å². The summed E-state index contributed by atoms with van der Waals surface area (Å²) in [6.45, 7) is 0.899. The first-order valence-corrected chi connectivity index (χ1v) is 6.21. The van der Waals surface area contributed by atoms with Gasteiger partial charge in [-0.3, -0.25) is 0 Å². The Balaban J connectivity index is 2.03. The number of ether oxygens (including phenoxy) is 1. The maximum atomic E-state index is 12.4. The van der Waals surface area contributed by atoms with E-state index in [2.05, 4.69) is 15.5 Å². The number of benzene rings is 1. The van der Waals surface area contributed by atoms with Gasteiger partial charge in [-0.15, -0.1) is 10.2 Å². The predicted molar refractivity (Wildman–Crippen MR) is 71.5 cm³/mol. The van der Waals surface area contributed by atoms with Crippen LogP contribution in [-0.4, -0.2) is 17.3 Å². The van der Waals surface area contributed by atoms with E-state index in [1.165, 1.54) is 6.07 Å². The van der Waals surface area contributed by atoms with E-state index in [9.17, 15) is 13.2 Å². The summed E-state index contributed by atoms with van der Waals surface area (Å²) >= 11 is 0. The molecule has 112 valence electrons. The van der Waals surface area contributed by atoms with Crippen LogP contribution in [0.3, 0.4) is 0 Å². The minimum absolute atomic E-state index is 0.287. The molecule has 0 aliphatic carbocycles. The molecule has 0 unspecified atom stereocenters. The van der Waals surface area contributed by atoms with E-state index in [1.54, 1.807) is 7.11 Å². The number of anilines is 1. The molecule has 2 rings (SSSR count). The molecule has 7 heteroatoms. The number of halogens is 3. The Kier molecular flexibility index (Phi) is 4.74. The van der Waals surface area contributed by atoms with E-state index >= 15 is 0 Å². The Bertz CT molecular complexity index is 585. The third kappa shape index (κ3) is 4.16. The smallest absolute Gasteiger partial charge is 0.380 e. The molecule has 1 aromatic heterocycles. The zero-order valence-corrected chi connectivity index (χ0v) is 11.3. The van der Waals surface area contributed by atoms with E-state index < -0.39 is 11.9 Å². The van der Waals surface area contributed by atoms with Gasteiger partial charge in [0.05, 0.1) is 6.61 Å². The van der Waals surface area contributed by atoms with Crippen LogP contribution in [0.25, 0.3) is 0 Å². The summed E-state index contributed by atoms with van der Waals surface area (Å²) in [5.74, 6) is 0.287. The van der Waals surface area contributed by atoms with Crippen molar-refractivity contribution in [3.63, 3.8) is 0 Å². The Morgan fingerprint density at radius 3 is 2.33 bits per heavy atom. The highest BCUT2D eigenvalue weighted by Gasteiger charge is 2.32. The van der Waals surface area contributed by atoms with Crippen molar-refractivity contribution < 1.29 is 17.9 Å². The minimum Gasteiger partial charge on any atom is -0.380 e. The van der Waals surface area contributed by atoms with Crippen molar-refractivity contribution in [2.75, 3.05) is 12.4 Å². The highest BCUT2D eigenvalue weighted by atomic mass is 19.4. The fourth-order valence-electron chi connectivity index (χ4n) is 1.79. The van der Waals surface area contributed by atoms with Gasteiger partial charge in [-0.1, -0.05) is 24.3 Å². The van der Waals surface area contributed by atoms with Gasteiger partial charge in [-0.25, -0.2) is 0 Å². The maximum Gasteiger partial charge on any atom is 0.435 e. The molecule has 21 heavy (non-hydrogen) atoms. The minimum atomic E-state index is -4.48. The van der Waals surface area contributed by atoms with Crippen molar-refractivity contribution in [1.82, 2.24) is 10.2 Å². The molecule has 0 aliphatic rings. The molecule has 2 aromatic rings. The summed E-state index contributed by atoms with van der Waals surface area (Å²) in [4.78, 5) is 0. The average Bonchev–Trinajstić information content (AvgIpc) is 2.46. The van der Waals surface area contributed by atoms with Crippen LogP contribution in [-0.2, 0) is 24.1 Å². The lowest BCUT2D eigenvalue weighted by molar-refractivity contribution is -0.141. The van der Waals surface area contributed by atoms with Gasteiger partial charge in [0, 0.05) is 13.7 Å². The third-order valence-corrected chi connectivity index (χ3v) is 2.83. The van der Waals surface area contributed by atoms with Crippen LogP contribution in [0.4, 0.5) is 19.0 Å². The summed E-state index contributed by atoms with van der Waals surface area (Å²) in [6.07, 6.45) is -4.48. The van der Waals surface area contributed by atoms with Gasteiger partial charge in [0.1, 0.15) is 5.82 Å². The van der Waals surface area contributed by atoms with E-state index in [4.69, 9.17) is 4.74 Å². The van der Waals surface area contributed by atoms with Crippen LogP contribution in [0.15, 0.2) is 36.4 Å². The second-order valence-electron chi connectivity index (χ2n) is 4.36. The third-order valence-electron chi connectivity index (χ3n) is 2.83. The normalized spacial score (nSPS) is 11.4. The van der Waals surface area contributed by atoms with E-state index in [0.717, 1.165) is 17.2 Å². The highest BCUT2D eigenvalue weighted by Crippen LogP contribution is 2.27. The Morgan fingerprint density at radius 1 is 1.05 bits per heavy atom. The Labute approximate surface area is 120 Å². The second-order valence-corrected chi connectivity index (χ2v) is 4.36. The molecule has 0 aliphatic heterocycles. The molecule has 4 nitrogen and oxygen atoms in total. The molecule has 1 N–H and O–H groups in total. The number of nitrogens with zero attached hydrogens (tertiary/aromatic N) is 2. The molecule has 1 aromatic carbocycles. The summed E-state index contributed by atoms with van der Waals surface area (Å²) in [5.41, 5.74) is 0.987. The van der Waals surface area contributed by atoms with Crippen molar-refractivity contribution in [1.29, 1.82) is 0 Å². The van der Waals surface area contributed by atoms with E-state index in [1.807, 2.05) is 24.3 Å². The fraction of sp³-hybridized carbons (Fsp3) is 0.286. The van der Waals surface area contributed by atoms with Gasteiger partial charge < -0.3 is 10.1 Å². The van der Waals surface area contributed by atoms with Crippen LogP contribution < -0.4 is 5.32 Å². The molecule has 0 fully saturated rings. The molecule has 0 saturated heterocycles.